The smallest absolute Gasteiger partial charge is 0.342 e. The Bertz CT molecular complexity index is 716. The fraction of sp³-hybridized carbons (Fsp3) is 0.692. The van der Waals surface area contributed by atoms with Gasteiger partial charge in [-0.15, -0.1) is 0 Å². The van der Waals surface area contributed by atoms with Gasteiger partial charge in [-0.3, -0.25) is 4.79 Å². The summed E-state index contributed by atoms with van der Waals surface area (Å²) in [6.07, 6.45) is 8.48. The highest BCUT2D eigenvalue weighted by Crippen LogP contribution is 2.27. The summed E-state index contributed by atoms with van der Waals surface area (Å²) in [6.45, 7) is 4.30. The molecule has 1 aliphatic rings. The van der Waals surface area contributed by atoms with Gasteiger partial charge in [0.15, 0.2) is 0 Å². The van der Waals surface area contributed by atoms with E-state index in [4.69, 9.17) is 9.47 Å². The van der Waals surface area contributed by atoms with Crippen molar-refractivity contribution >= 4 is 11.9 Å². The highest BCUT2D eigenvalue weighted by atomic mass is 16.6. The summed E-state index contributed by atoms with van der Waals surface area (Å²) in [5.74, 6) is -0.833. The molecule has 1 heterocycles. The molecule has 0 unspecified atom stereocenters. The highest BCUT2D eigenvalue weighted by molar-refractivity contribution is 5.94. The molecule has 2 rings (SSSR count). The number of aryl methyl sites for hydroxylation is 1. The molecule has 2 N–H and O–H groups in total. The van der Waals surface area contributed by atoms with E-state index in [2.05, 4.69) is 6.92 Å². The lowest BCUT2D eigenvalue weighted by atomic mass is 9.91. The molecule has 0 aromatic heterocycles. The van der Waals surface area contributed by atoms with E-state index in [0.717, 1.165) is 50.5 Å². The average molecular weight is 449 g/mol. The van der Waals surface area contributed by atoms with Gasteiger partial charge in [-0.1, -0.05) is 58.1 Å². The fourth-order valence-electron chi connectivity index (χ4n) is 4.19. The van der Waals surface area contributed by atoms with Crippen molar-refractivity contribution in [1.29, 1.82) is 0 Å². The number of hydrogen-bond donors (Lipinski definition) is 2. The first-order valence-corrected chi connectivity index (χ1v) is 12.3. The van der Waals surface area contributed by atoms with Crippen molar-refractivity contribution in [3.63, 3.8) is 0 Å². The molecule has 6 nitrogen and oxygen atoms in total. The maximum atomic E-state index is 12.9. The van der Waals surface area contributed by atoms with Gasteiger partial charge in [-0.2, -0.15) is 0 Å². The summed E-state index contributed by atoms with van der Waals surface area (Å²) >= 11 is 0. The third-order valence-electron chi connectivity index (χ3n) is 6.31. The van der Waals surface area contributed by atoms with Gasteiger partial charge in [0.25, 0.3) is 0 Å². The summed E-state index contributed by atoms with van der Waals surface area (Å²) in [7, 11) is 0. The Morgan fingerprint density at radius 1 is 1.19 bits per heavy atom. The number of phenolic OH excluding ortho intramolecular Hbond substituents is 1. The fourth-order valence-corrected chi connectivity index (χ4v) is 4.19. The number of hydrogen-bond acceptors (Lipinski definition) is 6. The van der Waals surface area contributed by atoms with Crippen LogP contribution >= 0.6 is 0 Å². The van der Waals surface area contributed by atoms with E-state index in [-0.39, 0.29) is 36.2 Å². The Balaban J connectivity index is 1.97. The number of rotatable bonds is 9. The van der Waals surface area contributed by atoms with E-state index < -0.39 is 18.2 Å². The number of carbonyl (C=O) groups is 2. The van der Waals surface area contributed by atoms with Crippen molar-refractivity contribution in [3.05, 3.63) is 29.3 Å². The van der Waals surface area contributed by atoms with E-state index in [9.17, 15) is 19.8 Å². The van der Waals surface area contributed by atoms with Crippen LogP contribution in [0.2, 0.25) is 0 Å². The molecule has 6 heteroatoms. The molecule has 1 aromatic rings. The van der Waals surface area contributed by atoms with E-state index >= 15 is 0 Å². The maximum Gasteiger partial charge on any atom is 0.342 e. The minimum Gasteiger partial charge on any atom is -0.507 e. The Morgan fingerprint density at radius 2 is 1.97 bits per heavy atom. The van der Waals surface area contributed by atoms with E-state index in [1.807, 2.05) is 13.0 Å². The SMILES string of the molecule is CCCCCCCC(=O)OCC[C@H]1C[C@@H](O)[C@@H](C)CCCCc2cccc(O)c2C(=O)O1. The molecule has 180 valence electrons. The third kappa shape index (κ3) is 8.81. The minimum absolute atomic E-state index is 0.0879. The molecule has 0 fully saturated rings. The van der Waals surface area contributed by atoms with Crippen LogP contribution in [0, 0.1) is 5.92 Å². The molecule has 1 aromatic carbocycles. The number of carbonyl (C=O) groups excluding carboxylic acids is 2. The molecular formula is C26H40O6. The highest BCUT2D eigenvalue weighted by Gasteiger charge is 2.26. The van der Waals surface area contributed by atoms with E-state index in [0.29, 0.717) is 19.3 Å². The maximum absolute atomic E-state index is 12.9. The Labute approximate surface area is 192 Å². The first-order valence-electron chi connectivity index (χ1n) is 12.3. The van der Waals surface area contributed by atoms with Crippen molar-refractivity contribution < 1.29 is 29.3 Å². The van der Waals surface area contributed by atoms with Crippen LogP contribution in [0.5, 0.6) is 5.75 Å². The van der Waals surface area contributed by atoms with Crippen LogP contribution in [0.25, 0.3) is 0 Å². The third-order valence-corrected chi connectivity index (χ3v) is 6.31. The number of unbranched alkanes of at least 4 members (excludes halogenated alkanes) is 4. The van der Waals surface area contributed by atoms with Crippen LogP contribution < -0.4 is 0 Å². The zero-order valence-electron chi connectivity index (χ0n) is 19.7. The van der Waals surface area contributed by atoms with Crippen molar-refractivity contribution in [2.24, 2.45) is 5.92 Å². The second-order valence-electron chi connectivity index (χ2n) is 9.04. The molecule has 0 saturated carbocycles. The Hall–Kier alpha value is -2.08. The van der Waals surface area contributed by atoms with Gasteiger partial charge >= 0.3 is 11.9 Å². The summed E-state index contributed by atoms with van der Waals surface area (Å²) in [6, 6.07) is 5.07. The zero-order valence-corrected chi connectivity index (χ0v) is 19.7. The largest absolute Gasteiger partial charge is 0.507 e. The number of phenols is 1. The van der Waals surface area contributed by atoms with Gasteiger partial charge in [0.05, 0.1) is 12.7 Å². The molecule has 32 heavy (non-hydrogen) atoms. The lowest BCUT2D eigenvalue weighted by molar-refractivity contribution is -0.144. The van der Waals surface area contributed by atoms with Crippen LogP contribution in [0.4, 0.5) is 0 Å². The van der Waals surface area contributed by atoms with Crippen molar-refractivity contribution in [2.45, 2.75) is 103 Å². The van der Waals surface area contributed by atoms with Gasteiger partial charge in [0.2, 0.25) is 0 Å². The molecule has 0 spiro atoms. The standard InChI is InChI=1S/C26H40O6/c1-3-4-5-6-7-15-24(29)31-17-16-21-18-23(28)19(2)11-8-9-12-20-13-10-14-22(27)25(20)26(30)32-21/h10,13-14,19,21,23,27-28H,3-9,11-12,15-18H2,1-2H3/t19-,21-,23+/m0/s1. The topological polar surface area (TPSA) is 93.1 Å². The molecule has 3 atom stereocenters. The van der Waals surface area contributed by atoms with Crippen LogP contribution in [0.3, 0.4) is 0 Å². The van der Waals surface area contributed by atoms with Gasteiger partial charge in [-0.05, 0) is 43.2 Å². The Kier molecular flexibility index (Phi) is 11.6. The number of cyclic esters (lactones) is 1. The first-order chi connectivity index (χ1) is 15.4. The number of aromatic hydroxyl groups is 1. The first kappa shape index (κ1) is 26.2. The van der Waals surface area contributed by atoms with Gasteiger partial charge < -0.3 is 19.7 Å². The van der Waals surface area contributed by atoms with Crippen LogP contribution in [-0.4, -0.2) is 41.0 Å². The average Bonchev–Trinajstić information content (AvgIpc) is 2.75. The number of benzene rings is 1. The second kappa shape index (κ2) is 14.1. The summed E-state index contributed by atoms with van der Waals surface area (Å²) in [4.78, 5) is 24.9. The quantitative estimate of drug-likeness (QED) is 0.392. The number of aliphatic hydroxyl groups is 1. The van der Waals surface area contributed by atoms with Crippen LogP contribution in [0.1, 0.15) is 100 Å². The predicted molar refractivity (Wildman–Crippen MR) is 124 cm³/mol. The molecular weight excluding hydrogens is 408 g/mol. The van der Waals surface area contributed by atoms with Gasteiger partial charge in [0, 0.05) is 19.3 Å². The minimum atomic E-state index is -0.606. The lowest BCUT2D eigenvalue weighted by Crippen LogP contribution is -2.30. The van der Waals surface area contributed by atoms with E-state index in [1.165, 1.54) is 12.5 Å². The molecule has 0 saturated heterocycles. The predicted octanol–water partition coefficient (Wildman–Crippen LogP) is 5.32. The zero-order chi connectivity index (χ0) is 23.3. The molecule has 0 aliphatic carbocycles. The lowest BCUT2D eigenvalue weighted by Gasteiger charge is -2.26. The van der Waals surface area contributed by atoms with E-state index in [1.54, 1.807) is 6.07 Å². The van der Waals surface area contributed by atoms with Crippen LogP contribution in [0.15, 0.2) is 18.2 Å². The number of fused-ring (bicyclic) bond motifs is 1. The number of esters is 2. The Morgan fingerprint density at radius 3 is 2.75 bits per heavy atom. The molecule has 0 bridgehead atoms. The monoisotopic (exact) mass is 448 g/mol. The summed E-state index contributed by atoms with van der Waals surface area (Å²) in [5.41, 5.74) is 0.974. The normalized spacial score (nSPS) is 22.2. The summed E-state index contributed by atoms with van der Waals surface area (Å²) < 4.78 is 11.1. The molecule has 0 radical (unpaired) electrons. The molecule has 0 amide bonds. The van der Waals surface area contributed by atoms with Gasteiger partial charge in [0.1, 0.15) is 17.4 Å². The molecule has 1 aliphatic heterocycles. The van der Waals surface area contributed by atoms with Gasteiger partial charge in [-0.25, -0.2) is 4.79 Å². The van der Waals surface area contributed by atoms with Crippen molar-refractivity contribution in [1.82, 2.24) is 0 Å². The van der Waals surface area contributed by atoms with Crippen molar-refractivity contribution in [2.75, 3.05) is 6.61 Å². The number of aliphatic hydroxyl groups excluding tert-OH is 1. The number of ether oxygens (including phenoxy) is 2. The second-order valence-corrected chi connectivity index (χ2v) is 9.04. The van der Waals surface area contributed by atoms with Crippen LogP contribution in [-0.2, 0) is 20.7 Å². The summed E-state index contributed by atoms with van der Waals surface area (Å²) in [5, 5.41) is 20.9. The van der Waals surface area contributed by atoms with Crippen molar-refractivity contribution in [3.8, 4) is 5.75 Å².